The van der Waals surface area contributed by atoms with Gasteiger partial charge in [-0.15, -0.1) is 19.7 Å². The maximum Gasteiger partial charge on any atom is 0.303 e. The smallest absolute Gasteiger partial charge is 0.303 e. The summed E-state index contributed by atoms with van der Waals surface area (Å²) < 4.78 is 33.2. The normalized spacial score (nSPS) is 13.3. The van der Waals surface area contributed by atoms with Crippen molar-refractivity contribution < 1.29 is 100 Å². The molecule has 1 fully saturated rings. The molecule has 3 aromatic rings. The number of ether oxygens (including phenoxy) is 6. The van der Waals surface area contributed by atoms with Gasteiger partial charge in [-0.25, -0.2) is 3.11 Å². The van der Waals surface area contributed by atoms with Crippen molar-refractivity contribution in [2.75, 3.05) is 114 Å². The van der Waals surface area contributed by atoms with Crippen LogP contribution in [0, 0.1) is 28.6 Å². The monoisotopic (exact) mass is 2470 g/mol. The van der Waals surface area contributed by atoms with E-state index in [4.69, 9.17) is 28.4 Å². The highest BCUT2D eigenvalue weighted by Gasteiger charge is 2.39. The molecule has 39 heteroatoms. The lowest BCUT2D eigenvalue weighted by atomic mass is 10.0. The van der Waals surface area contributed by atoms with Gasteiger partial charge >= 0.3 is 35.8 Å². The molecule has 3 atom stereocenters. The van der Waals surface area contributed by atoms with Gasteiger partial charge in [-0.1, -0.05) is 18.2 Å². The Morgan fingerprint density at radius 1 is 0.419 bits per heavy atom. The van der Waals surface area contributed by atoms with Crippen LogP contribution >= 0.6 is 204 Å². The number of esters is 6. The Morgan fingerprint density at radius 3 is 1.01 bits per heavy atom. The van der Waals surface area contributed by atoms with Crippen LogP contribution in [0.3, 0.4) is 0 Å². The molecule has 1 heterocycles. The Labute approximate surface area is 728 Å². The third-order valence-electron chi connectivity index (χ3n) is 14.8. The van der Waals surface area contributed by atoms with E-state index in [1.807, 2.05) is 181 Å². The predicted molar refractivity (Wildman–Crippen MR) is 459 cm³/mol. The van der Waals surface area contributed by atoms with Crippen LogP contribution in [0.2, 0.25) is 0 Å². The summed E-state index contributed by atoms with van der Waals surface area (Å²) in [6, 6.07) is 1.39. The van der Waals surface area contributed by atoms with Gasteiger partial charge < -0.3 is 68.5 Å². The zero-order chi connectivity index (χ0) is 79.3. The van der Waals surface area contributed by atoms with E-state index in [-0.39, 0.29) is 157 Å². The standard InChI is InChI=1S/C66H72I9N9O21/c1-13-19-78(10)60(93)38-28-39(84(75)61(94)42(105-37(9)90)31-102-34(6)87)49(68)43(48(38)67)64(97)81-22-16-24-82(65(98)46-50(69)44(62(95)79(11)20-14-2)52(71)56(54(46)73)76-58(91)40(103-35(7)88)29-100-32(4)85)26-18-27-83(25-17-23-81)66(99)47-51(70)45(63(96)80(12)21-15-3)53(72)57(55(47)74)77-59(92)41(104-36(8)89)30-101-33(5)86/h13-15,28,40-42H,1-3,16-27,29-31H2,4-12H3,(H,76,91)(H,77,92). The second kappa shape index (κ2) is 43.8. The van der Waals surface area contributed by atoms with E-state index in [9.17, 15) is 57.5 Å². The number of nitrogens with zero attached hydrogens (tertiary/aromatic N) is 7. The van der Waals surface area contributed by atoms with E-state index >= 15 is 14.4 Å². The Kier molecular flexibility index (Phi) is 38.7. The van der Waals surface area contributed by atoms with Gasteiger partial charge in [-0.05, 0) is 206 Å². The molecule has 4 rings (SSSR count). The lowest BCUT2D eigenvalue weighted by Gasteiger charge is -2.32. The topological polar surface area (TPSA) is 358 Å². The molecular weight excluding hydrogens is 2400 g/mol. The third kappa shape index (κ3) is 25.3. The second-order valence-corrected chi connectivity index (χ2v) is 32.3. The minimum absolute atomic E-state index is 0.0163. The summed E-state index contributed by atoms with van der Waals surface area (Å²) in [5.41, 5.74) is -0.469. The maximum atomic E-state index is 16.0. The number of nitrogens with one attached hydrogen (secondary N) is 2. The van der Waals surface area contributed by atoms with E-state index in [1.165, 1.54) is 74.8 Å². The number of amides is 9. The lowest BCUT2D eigenvalue weighted by molar-refractivity contribution is -0.160. The number of hydrogen-bond acceptors (Lipinski definition) is 21. The summed E-state index contributed by atoms with van der Waals surface area (Å²) in [5, 5.41) is 5.42. The third-order valence-corrected chi connectivity index (χ3v) is 24.5. The molecule has 0 bridgehead atoms. The molecule has 9 amide bonds. The van der Waals surface area contributed by atoms with Crippen molar-refractivity contribution >= 4 is 310 Å². The number of carbonyl (C=O) groups is 15. The number of carbonyl (C=O) groups excluding carboxylic acids is 15. The Morgan fingerprint density at radius 2 is 0.705 bits per heavy atom. The Hall–Kier alpha value is -4.50. The van der Waals surface area contributed by atoms with E-state index in [0.717, 1.165) is 44.7 Å². The van der Waals surface area contributed by atoms with E-state index < -0.39 is 127 Å². The van der Waals surface area contributed by atoms with Crippen molar-refractivity contribution in [3.63, 3.8) is 0 Å². The van der Waals surface area contributed by atoms with Crippen molar-refractivity contribution in [2.24, 2.45) is 0 Å². The first kappa shape index (κ1) is 92.9. The van der Waals surface area contributed by atoms with Crippen molar-refractivity contribution in [1.29, 1.82) is 0 Å². The first-order chi connectivity index (χ1) is 49.2. The highest BCUT2D eigenvalue weighted by Crippen LogP contribution is 2.41. The van der Waals surface area contributed by atoms with Crippen molar-refractivity contribution in [2.45, 2.75) is 79.1 Å². The maximum absolute atomic E-state index is 16.0. The van der Waals surface area contributed by atoms with E-state index in [0.29, 0.717) is 0 Å². The van der Waals surface area contributed by atoms with Crippen molar-refractivity contribution in [3.8, 4) is 0 Å². The molecule has 105 heavy (non-hydrogen) atoms. The number of likely N-dealkylation sites (N-methyl/N-ethyl adjacent to an activating group) is 3. The molecule has 2 N–H and O–H groups in total. The molecule has 0 spiro atoms. The molecule has 570 valence electrons. The van der Waals surface area contributed by atoms with Crippen LogP contribution in [-0.4, -0.2) is 237 Å². The molecule has 0 radical (unpaired) electrons. The van der Waals surface area contributed by atoms with Gasteiger partial charge in [0.15, 0.2) is 0 Å². The SMILES string of the molecule is C=CCN(C)C(=O)c1cc(N(I)C(=O)C(COC(C)=O)OC(C)=O)c(I)c(C(=O)N2CCCN(C(=O)c3c(I)c(NC(=O)C(COC(C)=O)OC(C)=O)c(I)c(C(=O)N(C)CC=C)c3I)CCCN(C(=O)c3c(I)c(NC(=O)C(COC(C)=O)OC(C)=O)c(I)c(C(=O)N(C)CC=C)c3I)CCC2)c1I. The summed E-state index contributed by atoms with van der Waals surface area (Å²) >= 11 is 16.5. The van der Waals surface area contributed by atoms with Crippen LogP contribution in [0.1, 0.15) is 123 Å². The Balaban J connectivity index is 2.14. The highest BCUT2D eigenvalue weighted by molar-refractivity contribution is 14.1. The molecule has 30 nitrogen and oxygen atoms in total. The van der Waals surface area contributed by atoms with Crippen molar-refractivity contribution in [1.82, 2.24) is 29.4 Å². The molecule has 1 aliphatic heterocycles. The quantitative estimate of drug-likeness (QED) is 0.0236. The van der Waals surface area contributed by atoms with Crippen LogP contribution in [0.4, 0.5) is 17.1 Å². The number of halogens is 9. The molecule has 3 unspecified atom stereocenters. The summed E-state index contributed by atoms with van der Waals surface area (Å²) in [5.74, 6) is -11.9. The second-order valence-electron chi connectivity index (χ2n) is 22.7. The molecule has 0 aromatic heterocycles. The van der Waals surface area contributed by atoms with Gasteiger partial charge in [0, 0.05) is 132 Å². The van der Waals surface area contributed by atoms with E-state index in [1.54, 1.807) is 22.9 Å². The predicted octanol–water partition coefficient (Wildman–Crippen LogP) is 9.25. The van der Waals surface area contributed by atoms with Crippen molar-refractivity contribution in [3.05, 3.63) is 106 Å². The first-order valence-corrected chi connectivity index (χ1v) is 40.7. The molecular formula is C66H72I9N9O21. The molecule has 3 aromatic carbocycles. The highest BCUT2D eigenvalue weighted by atomic mass is 127. The molecule has 1 saturated heterocycles. The van der Waals surface area contributed by atoms with Gasteiger partial charge in [0.1, 0.15) is 19.8 Å². The average molecular weight is 2470 g/mol. The van der Waals surface area contributed by atoms with Crippen LogP contribution in [0.5, 0.6) is 0 Å². The fraction of sp³-hybridized carbons (Fsp3) is 0.409. The summed E-state index contributed by atoms with van der Waals surface area (Å²) in [6.07, 6.45) is -0.546. The summed E-state index contributed by atoms with van der Waals surface area (Å²) in [6.45, 7) is 14.9. The zero-order valence-corrected chi connectivity index (χ0v) is 77.3. The summed E-state index contributed by atoms with van der Waals surface area (Å²) in [7, 11) is 4.48. The number of benzene rings is 3. The van der Waals surface area contributed by atoms with Crippen LogP contribution in [0.15, 0.2) is 44.0 Å². The minimum atomic E-state index is -1.70. The number of anilines is 3. The molecule has 0 saturated carbocycles. The molecule has 0 aliphatic carbocycles. The van der Waals surface area contributed by atoms with Crippen LogP contribution in [0.25, 0.3) is 0 Å². The number of rotatable bonds is 27. The van der Waals surface area contributed by atoms with Gasteiger partial charge in [-0.2, -0.15) is 0 Å². The van der Waals surface area contributed by atoms with Crippen LogP contribution in [-0.2, 0) is 71.6 Å². The molecule has 1 aliphatic rings. The fourth-order valence-electron chi connectivity index (χ4n) is 9.92. The Bertz CT molecular complexity index is 3840. The lowest BCUT2D eigenvalue weighted by Crippen LogP contribution is -2.43. The minimum Gasteiger partial charge on any atom is -0.461 e. The fourth-order valence-corrected chi connectivity index (χ4v) is 22.1. The largest absolute Gasteiger partial charge is 0.461 e. The zero-order valence-electron chi connectivity index (χ0n) is 57.9. The van der Waals surface area contributed by atoms with Crippen LogP contribution < -0.4 is 13.7 Å². The van der Waals surface area contributed by atoms with Gasteiger partial charge in [-0.3, -0.25) is 71.9 Å². The first-order valence-electron chi connectivity index (χ1n) is 31.1. The summed E-state index contributed by atoms with van der Waals surface area (Å²) in [4.78, 5) is 216. The van der Waals surface area contributed by atoms with E-state index in [2.05, 4.69) is 30.4 Å². The van der Waals surface area contributed by atoms with Gasteiger partial charge in [0.05, 0.1) is 91.2 Å². The van der Waals surface area contributed by atoms with Gasteiger partial charge in [0.25, 0.3) is 53.2 Å². The average Bonchev–Trinajstić information content (AvgIpc) is 0.760. The number of hydrogen-bond donors (Lipinski definition) is 2. The van der Waals surface area contributed by atoms with Gasteiger partial charge in [0.2, 0.25) is 18.3 Å².